The summed E-state index contributed by atoms with van der Waals surface area (Å²) in [7, 11) is -3.48. The number of aliphatic hydroxyl groups is 1. The zero-order valence-electron chi connectivity index (χ0n) is 22.8. The molecule has 202 valence electrons. The normalized spacial score (nSPS) is 20.6. The van der Waals surface area contributed by atoms with Gasteiger partial charge in [0.05, 0.1) is 25.1 Å². The van der Waals surface area contributed by atoms with E-state index in [9.17, 15) is 13.5 Å². The first kappa shape index (κ1) is 29.0. The second-order valence-electron chi connectivity index (χ2n) is 11.5. The van der Waals surface area contributed by atoms with Crippen molar-refractivity contribution in [2.24, 2.45) is 0 Å². The summed E-state index contributed by atoms with van der Waals surface area (Å²) in [4.78, 5) is 4.61. The van der Waals surface area contributed by atoms with E-state index in [1.54, 1.807) is 13.8 Å². The van der Waals surface area contributed by atoms with E-state index in [0.29, 0.717) is 5.45 Å². The summed E-state index contributed by atoms with van der Waals surface area (Å²) in [6.45, 7) is 14.5. The lowest BCUT2D eigenvalue weighted by Gasteiger charge is -2.37. The maximum atomic E-state index is 13.6. The minimum Gasteiger partial charge on any atom is -0.384 e. The van der Waals surface area contributed by atoms with Gasteiger partial charge in [-0.05, 0) is 24.4 Å². The highest BCUT2D eigenvalue weighted by molar-refractivity contribution is 7.87. The lowest BCUT2D eigenvalue weighted by atomic mass is 10.1. The van der Waals surface area contributed by atoms with Gasteiger partial charge in [0.25, 0.3) is 0 Å². The molecule has 3 atom stereocenters. The van der Waals surface area contributed by atoms with Crippen molar-refractivity contribution in [3.63, 3.8) is 0 Å². The van der Waals surface area contributed by atoms with Crippen molar-refractivity contribution in [1.29, 1.82) is 0 Å². The summed E-state index contributed by atoms with van der Waals surface area (Å²) in [6.07, 6.45) is -1.38. The van der Waals surface area contributed by atoms with Crippen LogP contribution in [-0.4, -0.2) is 73.6 Å². The largest absolute Gasteiger partial charge is 0.384 e. The number of imidazole rings is 1. The average Bonchev–Trinajstić information content (AvgIpc) is 3.38. The Kier molecular flexibility index (Phi) is 8.27. The quantitative estimate of drug-likeness (QED) is 0.489. The lowest BCUT2D eigenvalue weighted by molar-refractivity contribution is -0.173. The van der Waals surface area contributed by atoms with Crippen LogP contribution in [0.15, 0.2) is 36.5 Å². The molecule has 1 saturated heterocycles. The minimum atomic E-state index is -4.00. The van der Waals surface area contributed by atoms with Crippen molar-refractivity contribution >= 4 is 23.7 Å². The Morgan fingerprint density at radius 1 is 1.25 bits per heavy atom. The molecule has 1 aromatic carbocycles. The molecule has 1 aliphatic rings. The number of benzene rings is 1. The van der Waals surface area contributed by atoms with Crippen molar-refractivity contribution in [1.82, 2.24) is 13.3 Å². The van der Waals surface area contributed by atoms with Gasteiger partial charge in [-0.2, -0.15) is 12.7 Å². The fourth-order valence-corrected chi connectivity index (χ4v) is 7.66. The molecule has 0 radical (unpaired) electrons. The third-order valence-electron chi connectivity index (χ3n) is 7.17. The molecule has 1 fully saturated rings. The standard InChI is InChI=1S/C25H41N3O6SSi/c1-24(2,3)36(8,9)23-26-15-19(28(23)35(30,31)27(6)7)21(29)22(20-17-33-25(4,5)34-20)32-16-18-13-11-10-12-14-18/h10-15,20-22,29H,16-17H2,1-9H3/t20-,21-,22+/m0/s1. The van der Waals surface area contributed by atoms with Gasteiger partial charge in [0.15, 0.2) is 5.79 Å². The minimum absolute atomic E-state index is 0.148. The first-order chi connectivity index (χ1) is 16.5. The Morgan fingerprint density at radius 3 is 2.36 bits per heavy atom. The summed E-state index contributed by atoms with van der Waals surface area (Å²) in [5.74, 6) is -0.846. The van der Waals surface area contributed by atoms with Gasteiger partial charge in [-0.15, -0.1) is 0 Å². The average molecular weight is 540 g/mol. The highest BCUT2D eigenvalue weighted by Crippen LogP contribution is 2.37. The molecule has 3 rings (SSSR count). The molecule has 11 heteroatoms. The molecule has 0 unspecified atom stereocenters. The SMILES string of the molecule is CN(C)S(=O)(=O)n1c([C@H](O)[C@H](OCc2ccccc2)[C@@H]2COC(C)(C)O2)cnc1[Si](C)(C)C(C)(C)C. The number of ether oxygens (including phenoxy) is 3. The number of hydrogen-bond acceptors (Lipinski definition) is 7. The molecular formula is C25H41N3O6SSi. The molecule has 1 N–H and O–H groups in total. The van der Waals surface area contributed by atoms with E-state index in [2.05, 4.69) is 38.8 Å². The maximum absolute atomic E-state index is 13.6. The second kappa shape index (κ2) is 10.3. The van der Waals surface area contributed by atoms with Crippen LogP contribution in [0.4, 0.5) is 0 Å². The van der Waals surface area contributed by atoms with Crippen LogP contribution in [0.5, 0.6) is 0 Å². The third-order valence-corrected chi connectivity index (χ3v) is 14.3. The Balaban J connectivity index is 2.10. The summed E-state index contributed by atoms with van der Waals surface area (Å²) in [6, 6.07) is 9.59. The molecule has 1 aromatic heterocycles. The summed E-state index contributed by atoms with van der Waals surface area (Å²) < 4.78 is 47.6. The Labute approximate surface area is 216 Å². The molecule has 9 nitrogen and oxygen atoms in total. The first-order valence-electron chi connectivity index (χ1n) is 12.2. The zero-order valence-corrected chi connectivity index (χ0v) is 24.7. The topological polar surface area (TPSA) is 103 Å². The van der Waals surface area contributed by atoms with Gasteiger partial charge in [0.1, 0.15) is 31.8 Å². The van der Waals surface area contributed by atoms with E-state index < -0.39 is 42.4 Å². The van der Waals surface area contributed by atoms with E-state index in [0.717, 1.165) is 9.87 Å². The van der Waals surface area contributed by atoms with Crippen LogP contribution in [0.3, 0.4) is 0 Å². The Bertz CT molecular complexity index is 1140. The number of nitrogens with zero attached hydrogens (tertiary/aromatic N) is 3. The van der Waals surface area contributed by atoms with Gasteiger partial charge in [-0.25, -0.2) is 8.96 Å². The van der Waals surface area contributed by atoms with Crippen LogP contribution < -0.4 is 5.45 Å². The van der Waals surface area contributed by atoms with Crippen LogP contribution in [0.25, 0.3) is 0 Å². The molecule has 0 saturated carbocycles. The maximum Gasteiger partial charge on any atom is 0.308 e. The Morgan fingerprint density at radius 2 is 1.86 bits per heavy atom. The van der Waals surface area contributed by atoms with E-state index >= 15 is 0 Å². The van der Waals surface area contributed by atoms with E-state index in [-0.39, 0.29) is 23.9 Å². The fraction of sp³-hybridized carbons (Fsp3) is 0.640. The van der Waals surface area contributed by atoms with Crippen LogP contribution in [0.1, 0.15) is 52.0 Å². The van der Waals surface area contributed by atoms with Gasteiger partial charge < -0.3 is 19.3 Å². The number of hydrogen-bond donors (Lipinski definition) is 1. The van der Waals surface area contributed by atoms with Crippen LogP contribution in [-0.2, 0) is 31.0 Å². The molecule has 0 amide bonds. The summed E-state index contributed by atoms with van der Waals surface area (Å²) in [5.41, 5.74) is 1.54. The van der Waals surface area contributed by atoms with Crippen molar-refractivity contribution in [3.05, 3.63) is 47.8 Å². The number of aromatic nitrogens is 2. The van der Waals surface area contributed by atoms with Crippen LogP contribution in [0.2, 0.25) is 18.1 Å². The second-order valence-corrected chi connectivity index (χ2v) is 18.7. The van der Waals surface area contributed by atoms with Gasteiger partial charge >= 0.3 is 10.2 Å². The molecule has 2 heterocycles. The zero-order chi connectivity index (χ0) is 27.1. The first-order valence-corrected chi connectivity index (χ1v) is 16.6. The molecule has 1 aliphatic heterocycles. The monoisotopic (exact) mass is 539 g/mol. The van der Waals surface area contributed by atoms with Crippen molar-refractivity contribution in [3.8, 4) is 0 Å². The Hall–Kier alpha value is -1.60. The van der Waals surface area contributed by atoms with Gasteiger partial charge in [-0.3, -0.25) is 0 Å². The summed E-state index contributed by atoms with van der Waals surface area (Å²) >= 11 is 0. The van der Waals surface area contributed by atoms with E-state index in [4.69, 9.17) is 14.2 Å². The van der Waals surface area contributed by atoms with Crippen LogP contribution >= 0.6 is 0 Å². The third kappa shape index (κ3) is 5.77. The smallest absolute Gasteiger partial charge is 0.308 e. The fourth-order valence-electron chi connectivity index (χ4n) is 3.92. The van der Waals surface area contributed by atoms with Crippen molar-refractivity contribution < 1.29 is 27.7 Å². The van der Waals surface area contributed by atoms with E-state index in [1.165, 1.54) is 24.3 Å². The van der Waals surface area contributed by atoms with Gasteiger partial charge in [0, 0.05) is 14.1 Å². The molecule has 0 aliphatic carbocycles. The summed E-state index contributed by atoms with van der Waals surface area (Å²) in [5, 5.41) is 11.5. The molecular weight excluding hydrogens is 498 g/mol. The van der Waals surface area contributed by atoms with Gasteiger partial charge in [0.2, 0.25) is 0 Å². The predicted molar refractivity (Wildman–Crippen MR) is 142 cm³/mol. The molecule has 0 spiro atoms. The van der Waals surface area contributed by atoms with Crippen molar-refractivity contribution in [2.45, 2.75) is 83.5 Å². The molecule has 2 aromatic rings. The number of aliphatic hydroxyl groups excluding tert-OH is 1. The van der Waals surface area contributed by atoms with Crippen molar-refractivity contribution in [2.75, 3.05) is 20.7 Å². The van der Waals surface area contributed by atoms with E-state index in [1.807, 2.05) is 30.3 Å². The predicted octanol–water partition coefficient (Wildman–Crippen LogP) is 3.02. The highest BCUT2D eigenvalue weighted by atomic mass is 32.2. The molecule has 36 heavy (non-hydrogen) atoms. The van der Waals surface area contributed by atoms with Crippen LogP contribution in [0, 0.1) is 0 Å². The lowest BCUT2D eigenvalue weighted by Crippen LogP contribution is -2.56. The number of rotatable bonds is 9. The van der Waals surface area contributed by atoms with Gasteiger partial charge in [-0.1, -0.05) is 64.2 Å². The molecule has 0 bridgehead atoms. The highest BCUT2D eigenvalue weighted by Gasteiger charge is 2.47.